The molecule has 0 fully saturated rings. The predicted molar refractivity (Wildman–Crippen MR) is 224 cm³/mol. The van der Waals surface area contributed by atoms with Crippen LogP contribution in [0.3, 0.4) is 0 Å². The summed E-state index contributed by atoms with van der Waals surface area (Å²) >= 11 is 0. The van der Waals surface area contributed by atoms with Crippen LogP contribution >= 0.6 is 0 Å². The second-order valence-corrected chi connectivity index (χ2v) is 15.2. The molecule has 2 heteroatoms. The highest BCUT2D eigenvalue weighted by atomic mass is 16.3. The van der Waals surface area contributed by atoms with E-state index in [1.54, 1.807) is 0 Å². The normalized spacial score (nSPS) is 13.6. The molecule has 0 bridgehead atoms. The molecule has 0 aliphatic heterocycles. The van der Waals surface area contributed by atoms with Crippen LogP contribution in [0.15, 0.2) is 168 Å². The van der Waals surface area contributed by atoms with Gasteiger partial charge in [0.15, 0.2) is 0 Å². The summed E-state index contributed by atoms with van der Waals surface area (Å²) in [5.74, 6) is 0. The van der Waals surface area contributed by atoms with Crippen LogP contribution in [0.4, 0.5) is 0 Å². The molecule has 53 heavy (non-hydrogen) atoms. The molecular formula is C51H33NO. The van der Waals surface area contributed by atoms with Crippen molar-refractivity contribution in [3.05, 3.63) is 175 Å². The molecule has 12 rings (SSSR count). The van der Waals surface area contributed by atoms with Gasteiger partial charge in [-0.05, 0) is 84.9 Å². The largest absolute Gasteiger partial charge is 0.455 e. The molecule has 0 saturated heterocycles. The lowest BCUT2D eigenvalue weighted by Gasteiger charge is -2.21. The number of fused-ring (bicyclic) bond motifs is 17. The SMILES string of the molecule is CC1(C)c2ccc3c(oc4ccccc43)c2-c2c1ccc1c3ccccc3n(-c3ccc(-c4ccc5c6ccccc6c6ccccc6c5c4)cc3)c21. The van der Waals surface area contributed by atoms with E-state index in [9.17, 15) is 0 Å². The molecule has 0 atom stereocenters. The fourth-order valence-electron chi connectivity index (χ4n) is 9.69. The maximum absolute atomic E-state index is 6.75. The van der Waals surface area contributed by atoms with E-state index in [1.165, 1.54) is 92.9 Å². The van der Waals surface area contributed by atoms with Crippen molar-refractivity contribution in [2.45, 2.75) is 19.3 Å². The Kier molecular flexibility index (Phi) is 5.60. The van der Waals surface area contributed by atoms with Gasteiger partial charge in [-0.1, -0.05) is 147 Å². The molecule has 0 radical (unpaired) electrons. The van der Waals surface area contributed by atoms with E-state index >= 15 is 0 Å². The topological polar surface area (TPSA) is 18.1 Å². The number of hydrogen-bond acceptors (Lipinski definition) is 1. The van der Waals surface area contributed by atoms with Gasteiger partial charge in [-0.3, -0.25) is 0 Å². The first kappa shape index (κ1) is 29.0. The van der Waals surface area contributed by atoms with Crippen LogP contribution in [0.1, 0.15) is 25.0 Å². The summed E-state index contributed by atoms with van der Waals surface area (Å²) in [6, 6.07) is 60.3. The molecule has 0 spiro atoms. The maximum Gasteiger partial charge on any atom is 0.143 e. The Morgan fingerprint density at radius 2 is 0.943 bits per heavy atom. The van der Waals surface area contributed by atoms with Crippen molar-refractivity contribution in [3.63, 3.8) is 0 Å². The molecule has 9 aromatic carbocycles. The van der Waals surface area contributed by atoms with Gasteiger partial charge in [0.05, 0.1) is 11.0 Å². The molecule has 248 valence electrons. The minimum absolute atomic E-state index is 0.178. The summed E-state index contributed by atoms with van der Waals surface area (Å²) in [4.78, 5) is 0. The van der Waals surface area contributed by atoms with Gasteiger partial charge >= 0.3 is 0 Å². The van der Waals surface area contributed by atoms with Crippen molar-refractivity contribution in [2.75, 3.05) is 0 Å². The third-order valence-corrected chi connectivity index (χ3v) is 12.2. The first-order chi connectivity index (χ1) is 26.1. The molecule has 0 amide bonds. The number of benzene rings is 9. The van der Waals surface area contributed by atoms with Crippen molar-refractivity contribution in [3.8, 4) is 27.9 Å². The lowest BCUT2D eigenvalue weighted by atomic mass is 9.82. The second-order valence-electron chi connectivity index (χ2n) is 15.2. The zero-order valence-corrected chi connectivity index (χ0v) is 29.4. The zero-order chi connectivity index (χ0) is 35.0. The number of rotatable bonds is 2. The van der Waals surface area contributed by atoms with Gasteiger partial charge < -0.3 is 8.98 Å². The van der Waals surface area contributed by atoms with Crippen LogP contribution in [0.2, 0.25) is 0 Å². The van der Waals surface area contributed by atoms with Crippen molar-refractivity contribution in [2.24, 2.45) is 0 Å². The van der Waals surface area contributed by atoms with Gasteiger partial charge in [0.2, 0.25) is 0 Å². The van der Waals surface area contributed by atoms with Crippen LogP contribution in [-0.4, -0.2) is 4.57 Å². The van der Waals surface area contributed by atoms with Crippen molar-refractivity contribution in [1.82, 2.24) is 4.57 Å². The Labute approximate surface area is 306 Å². The lowest BCUT2D eigenvalue weighted by molar-refractivity contribution is 0.653. The summed E-state index contributed by atoms with van der Waals surface area (Å²) < 4.78 is 9.24. The highest BCUT2D eigenvalue weighted by molar-refractivity contribution is 6.26. The van der Waals surface area contributed by atoms with Crippen LogP contribution in [0.25, 0.3) is 104 Å². The van der Waals surface area contributed by atoms with Gasteiger partial charge in [0.25, 0.3) is 0 Å². The monoisotopic (exact) mass is 675 g/mol. The Hall–Kier alpha value is -6.64. The summed E-state index contributed by atoms with van der Waals surface area (Å²) in [7, 11) is 0. The highest BCUT2D eigenvalue weighted by Gasteiger charge is 2.40. The third kappa shape index (κ3) is 3.77. The molecular weight excluding hydrogens is 643 g/mol. The fourth-order valence-corrected chi connectivity index (χ4v) is 9.69. The van der Waals surface area contributed by atoms with E-state index in [-0.39, 0.29) is 5.41 Å². The average molecular weight is 676 g/mol. The Morgan fingerprint density at radius 3 is 1.66 bits per heavy atom. The molecule has 0 saturated carbocycles. The van der Waals surface area contributed by atoms with Gasteiger partial charge in [-0.2, -0.15) is 0 Å². The second kappa shape index (κ2) is 10.2. The van der Waals surface area contributed by atoms with E-state index < -0.39 is 0 Å². The molecule has 11 aromatic rings. The first-order valence-corrected chi connectivity index (χ1v) is 18.5. The molecule has 0 N–H and O–H groups in total. The van der Waals surface area contributed by atoms with E-state index in [1.807, 2.05) is 0 Å². The minimum Gasteiger partial charge on any atom is -0.455 e. The number of nitrogens with zero attached hydrogens (tertiary/aromatic N) is 1. The van der Waals surface area contributed by atoms with E-state index in [0.29, 0.717) is 0 Å². The standard InChI is InChI=1S/C51H33NO/c1-51(2)43-27-25-40-38-15-7-9-17-45(38)52(49(40)47(43)48-44(51)28-26-41-39-16-8-10-18-46(39)53-50(41)48)32-22-19-30(20-23-32)31-21-24-37-35-13-4-3-11-33(35)34-12-5-6-14-36(34)42(37)29-31/h3-29H,1-2H3. The van der Waals surface area contributed by atoms with E-state index in [0.717, 1.165) is 22.2 Å². The Morgan fingerprint density at radius 1 is 0.415 bits per heavy atom. The summed E-state index contributed by atoms with van der Waals surface area (Å²) in [5.41, 5.74) is 12.9. The van der Waals surface area contributed by atoms with E-state index in [4.69, 9.17) is 4.42 Å². The number of aromatic nitrogens is 1. The lowest BCUT2D eigenvalue weighted by Crippen LogP contribution is -2.14. The van der Waals surface area contributed by atoms with Gasteiger partial charge in [-0.15, -0.1) is 0 Å². The number of hydrogen-bond donors (Lipinski definition) is 0. The summed E-state index contributed by atoms with van der Waals surface area (Å²) in [6.07, 6.45) is 0. The Balaban J connectivity index is 1.09. The van der Waals surface area contributed by atoms with Gasteiger partial charge in [-0.25, -0.2) is 0 Å². The van der Waals surface area contributed by atoms with E-state index in [2.05, 4.69) is 182 Å². The average Bonchev–Trinajstić information content (AvgIpc) is 3.83. The van der Waals surface area contributed by atoms with Gasteiger partial charge in [0.1, 0.15) is 11.2 Å². The number of furan rings is 1. The van der Waals surface area contributed by atoms with Crippen molar-refractivity contribution < 1.29 is 4.42 Å². The third-order valence-electron chi connectivity index (χ3n) is 12.2. The molecule has 0 unspecified atom stereocenters. The van der Waals surface area contributed by atoms with Crippen molar-refractivity contribution in [1.29, 1.82) is 0 Å². The fraction of sp³-hybridized carbons (Fsp3) is 0.0588. The minimum atomic E-state index is -0.178. The van der Waals surface area contributed by atoms with Crippen LogP contribution in [0.5, 0.6) is 0 Å². The highest BCUT2D eigenvalue weighted by Crippen LogP contribution is 2.56. The maximum atomic E-state index is 6.75. The van der Waals surface area contributed by atoms with Crippen molar-refractivity contribution >= 4 is 76.1 Å². The number of para-hydroxylation sites is 2. The van der Waals surface area contributed by atoms with Crippen LogP contribution in [0, 0.1) is 0 Å². The quantitative estimate of drug-likeness (QED) is 0.167. The zero-order valence-electron chi connectivity index (χ0n) is 29.4. The molecule has 1 aliphatic carbocycles. The smallest absolute Gasteiger partial charge is 0.143 e. The summed E-state index contributed by atoms with van der Waals surface area (Å²) in [5, 5.41) is 12.6. The van der Waals surface area contributed by atoms with Crippen LogP contribution < -0.4 is 0 Å². The van der Waals surface area contributed by atoms with Gasteiger partial charge in [0, 0.05) is 43.8 Å². The molecule has 2 nitrogen and oxygen atoms in total. The first-order valence-electron chi connectivity index (χ1n) is 18.5. The predicted octanol–water partition coefficient (Wildman–Crippen LogP) is 14.1. The molecule has 1 aliphatic rings. The molecule has 2 heterocycles. The molecule has 2 aromatic heterocycles. The summed E-state index contributed by atoms with van der Waals surface area (Å²) in [6.45, 7) is 4.71. The Bertz CT molecular complexity index is 3320. The van der Waals surface area contributed by atoms with Crippen LogP contribution in [-0.2, 0) is 5.41 Å².